The van der Waals surface area contributed by atoms with Crippen molar-refractivity contribution in [2.24, 2.45) is 0 Å². The Hall–Kier alpha value is -2.37. The Labute approximate surface area is 198 Å². The van der Waals surface area contributed by atoms with Crippen molar-refractivity contribution < 1.29 is 19.1 Å². The highest BCUT2D eigenvalue weighted by Crippen LogP contribution is 2.35. The summed E-state index contributed by atoms with van der Waals surface area (Å²) in [7, 11) is 0. The molecule has 0 fully saturated rings. The molecule has 0 saturated heterocycles. The summed E-state index contributed by atoms with van der Waals surface area (Å²) in [6.45, 7) is 2.54. The van der Waals surface area contributed by atoms with Gasteiger partial charge in [-0.25, -0.2) is 9.69 Å². The van der Waals surface area contributed by atoms with Gasteiger partial charge in [-0.1, -0.05) is 75.1 Å². The molecule has 2 amide bonds. The molecular weight excluding hydrogens is 449 g/mol. The number of carbonyl (C=O) groups is 3. The number of nitrogens with zero attached hydrogens (tertiary/aromatic N) is 1. The lowest BCUT2D eigenvalue weighted by Crippen LogP contribution is -2.29. The zero-order valence-corrected chi connectivity index (χ0v) is 19.7. The summed E-state index contributed by atoms with van der Waals surface area (Å²) in [5.41, 5.74) is 0.873. The lowest BCUT2D eigenvalue weighted by molar-refractivity contribution is 0.0497. The number of hydrogen-bond donors (Lipinski definition) is 0. The Morgan fingerprint density at radius 3 is 2.19 bits per heavy atom. The third kappa shape index (κ3) is 5.70. The number of carbonyl (C=O) groups excluding carboxylic acids is 3. The summed E-state index contributed by atoms with van der Waals surface area (Å²) in [5.74, 6) is -1.53. The number of imide groups is 1. The first-order chi connectivity index (χ1) is 15.4. The van der Waals surface area contributed by atoms with Crippen LogP contribution in [0, 0.1) is 0 Å². The molecule has 0 aromatic heterocycles. The van der Waals surface area contributed by atoms with Crippen LogP contribution in [0.25, 0.3) is 0 Å². The van der Waals surface area contributed by atoms with Gasteiger partial charge in [-0.2, -0.15) is 0 Å². The number of ether oxygens (including phenoxy) is 1. The average molecular weight is 476 g/mol. The van der Waals surface area contributed by atoms with Crippen LogP contribution in [0.2, 0.25) is 10.0 Å². The third-order valence-corrected chi connectivity index (χ3v) is 6.04. The minimum atomic E-state index is -0.535. The van der Waals surface area contributed by atoms with Crippen molar-refractivity contribution in [3.8, 4) is 0 Å². The van der Waals surface area contributed by atoms with Gasteiger partial charge in [0.15, 0.2) is 0 Å². The molecule has 0 bridgehead atoms. The first-order valence-electron chi connectivity index (χ1n) is 11.1. The van der Waals surface area contributed by atoms with Gasteiger partial charge in [0.1, 0.15) is 0 Å². The molecule has 0 N–H and O–H groups in total. The monoisotopic (exact) mass is 475 g/mol. The molecule has 0 saturated carbocycles. The van der Waals surface area contributed by atoms with E-state index in [1.165, 1.54) is 62.4 Å². The van der Waals surface area contributed by atoms with Crippen molar-refractivity contribution in [2.75, 3.05) is 11.5 Å². The normalized spacial score (nSPS) is 12.9. The minimum absolute atomic E-state index is 0.155. The summed E-state index contributed by atoms with van der Waals surface area (Å²) in [5, 5.41) is 0.592. The number of amides is 2. The first-order valence-corrected chi connectivity index (χ1v) is 11.8. The van der Waals surface area contributed by atoms with E-state index in [-0.39, 0.29) is 27.4 Å². The van der Waals surface area contributed by atoms with Gasteiger partial charge >= 0.3 is 5.97 Å². The Bertz CT molecular complexity index is 1010. The van der Waals surface area contributed by atoms with Gasteiger partial charge in [-0.05, 0) is 42.8 Å². The molecule has 32 heavy (non-hydrogen) atoms. The van der Waals surface area contributed by atoms with E-state index < -0.39 is 17.8 Å². The van der Waals surface area contributed by atoms with Gasteiger partial charge in [0, 0.05) is 5.02 Å². The van der Waals surface area contributed by atoms with E-state index in [9.17, 15) is 14.4 Å². The standard InChI is InChI=1S/C25H27Cl2NO4/c1-2-3-4-5-6-7-8-9-14-32-25(31)17-10-12-19-20(15-17)24(30)28(23(19)29)22-13-11-18(26)16-21(22)27/h10-13,15-16H,2-9,14H2,1H3. The van der Waals surface area contributed by atoms with E-state index in [0.717, 1.165) is 24.2 Å². The fourth-order valence-electron chi connectivity index (χ4n) is 3.73. The Kier molecular flexibility index (Phi) is 8.71. The SMILES string of the molecule is CCCCCCCCCCOC(=O)c1ccc2c(c1)C(=O)N(c1ccc(Cl)cc1Cl)C2=O. The van der Waals surface area contributed by atoms with Crippen LogP contribution in [0.5, 0.6) is 0 Å². The van der Waals surface area contributed by atoms with Gasteiger partial charge in [-0.15, -0.1) is 0 Å². The molecule has 1 aliphatic rings. The molecule has 2 aromatic carbocycles. The first kappa shape index (κ1) is 24.3. The van der Waals surface area contributed by atoms with Gasteiger partial charge in [-0.3, -0.25) is 9.59 Å². The highest BCUT2D eigenvalue weighted by molar-refractivity contribution is 6.41. The number of anilines is 1. The zero-order valence-electron chi connectivity index (χ0n) is 18.2. The Balaban J connectivity index is 1.56. The van der Waals surface area contributed by atoms with Crippen molar-refractivity contribution in [3.05, 3.63) is 63.1 Å². The molecule has 7 heteroatoms. The van der Waals surface area contributed by atoms with Gasteiger partial charge in [0.25, 0.3) is 11.8 Å². The predicted molar refractivity (Wildman–Crippen MR) is 127 cm³/mol. The van der Waals surface area contributed by atoms with Crippen molar-refractivity contribution in [1.82, 2.24) is 0 Å². The third-order valence-electron chi connectivity index (χ3n) is 5.50. The molecule has 0 spiro atoms. The summed E-state index contributed by atoms with van der Waals surface area (Å²) in [4.78, 5) is 39.1. The number of unbranched alkanes of at least 4 members (excludes halogenated alkanes) is 7. The van der Waals surface area contributed by atoms with E-state index in [2.05, 4.69) is 6.92 Å². The molecule has 0 unspecified atom stereocenters. The van der Waals surface area contributed by atoms with Crippen LogP contribution < -0.4 is 4.90 Å². The lowest BCUT2D eigenvalue weighted by atomic mass is 10.1. The smallest absolute Gasteiger partial charge is 0.338 e. The van der Waals surface area contributed by atoms with Crippen LogP contribution in [0.15, 0.2) is 36.4 Å². The zero-order chi connectivity index (χ0) is 23.1. The van der Waals surface area contributed by atoms with Crippen molar-refractivity contribution in [2.45, 2.75) is 58.3 Å². The maximum Gasteiger partial charge on any atom is 0.338 e. The molecule has 0 atom stereocenters. The number of hydrogen-bond acceptors (Lipinski definition) is 4. The fraction of sp³-hybridized carbons (Fsp3) is 0.400. The second kappa shape index (κ2) is 11.5. The second-order valence-electron chi connectivity index (χ2n) is 7.91. The topological polar surface area (TPSA) is 63.7 Å². The van der Waals surface area contributed by atoms with E-state index in [0.29, 0.717) is 11.6 Å². The maximum atomic E-state index is 12.9. The molecule has 2 aromatic rings. The van der Waals surface area contributed by atoms with Crippen LogP contribution in [0.4, 0.5) is 5.69 Å². The molecule has 1 heterocycles. The van der Waals surface area contributed by atoms with Gasteiger partial charge in [0.05, 0.1) is 34.0 Å². The maximum absolute atomic E-state index is 12.9. The summed E-state index contributed by atoms with van der Waals surface area (Å²) >= 11 is 12.1. The number of rotatable bonds is 11. The van der Waals surface area contributed by atoms with Crippen LogP contribution >= 0.6 is 23.2 Å². The summed E-state index contributed by atoms with van der Waals surface area (Å²) in [6.07, 6.45) is 9.25. The molecule has 5 nitrogen and oxygen atoms in total. The Morgan fingerprint density at radius 2 is 1.50 bits per heavy atom. The number of esters is 1. The van der Waals surface area contributed by atoms with Crippen LogP contribution in [0.3, 0.4) is 0 Å². The molecule has 1 aliphatic heterocycles. The molecule has 3 rings (SSSR count). The van der Waals surface area contributed by atoms with E-state index in [1.54, 1.807) is 6.07 Å². The van der Waals surface area contributed by atoms with Gasteiger partial charge in [0.2, 0.25) is 0 Å². The number of halogens is 2. The molecular formula is C25H27Cl2NO4. The van der Waals surface area contributed by atoms with Crippen LogP contribution in [-0.4, -0.2) is 24.4 Å². The van der Waals surface area contributed by atoms with E-state index in [1.807, 2.05) is 0 Å². The fourth-order valence-corrected chi connectivity index (χ4v) is 4.23. The minimum Gasteiger partial charge on any atom is -0.462 e. The Morgan fingerprint density at radius 1 is 0.844 bits per heavy atom. The van der Waals surface area contributed by atoms with Crippen molar-refractivity contribution >= 4 is 46.7 Å². The number of fused-ring (bicyclic) bond motifs is 1. The molecule has 170 valence electrons. The summed E-state index contributed by atoms with van der Waals surface area (Å²) < 4.78 is 5.35. The van der Waals surface area contributed by atoms with Crippen LogP contribution in [0.1, 0.15) is 89.4 Å². The lowest BCUT2D eigenvalue weighted by Gasteiger charge is -2.15. The highest BCUT2D eigenvalue weighted by Gasteiger charge is 2.38. The molecule has 0 aliphatic carbocycles. The molecule has 0 radical (unpaired) electrons. The van der Waals surface area contributed by atoms with E-state index in [4.69, 9.17) is 27.9 Å². The summed E-state index contributed by atoms with van der Waals surface area (Å²) in [6, 6.07) is 8.94. The quantitative estimate of drug-likeness (QED) is 0.197. The van der Waals surface area contributed by atoms with Crippen LogP contribution in [-0.2, 0) is 4.74 Å². The van der Waals surface area contributed by atoms with Gasteiger partial charge < -0.3 is 4.74 Å². The number of benzene rings is 2. The van der Waals surface area contributed by atoms with Crippen molar-refractivity contribution in [3.63, 3.8) is 0 Å². The van der Waals surface area contributed by atoms with E-state index >= 15 is 0 Å². The van der Waals surface area contributed by atoms with Crippen molar-refractivity contribution in [1.29, 1.82) is 0 Å². The highest BCUT2D eigenvalue weighted by atomic mass is 35.5. The second-order valence-corrected chi connectivity index (χ2v) is 8.76. The predicted octanol–water partition coefficient (Wildman–Crippen LogP) is 7.09. The largest absolute Gasteiger partial charge is 0.462 e. The average Bonchev–Trinajstić information content (AvgIpc) is 3.02.